The van der Waals surface area contributed by atoms with Crippen LogP contribution < -0.4 is 10.6 Å². The van der Waals surface area contributed by atoms with E-state index in [1.165, 1.54) is 5.56 Å². The van der Waals surface area contributed by atoms with Crippen LogP contribution in [0, 0.1) is 0 Å². The van der Waals surface area contributed by atoms with E-state index in [0.717, 1.165) is 43.7 Å². The number of carboxylic acid groups (broad SMARTS) is 1. The van der Waals surface area contributed by atoms with E-state index < -0.39 is 23.7 Å². The first kappa shape index (κ1) is 22.9. The number of pyridine rings is 1. The molecule has 0 saturated heterocycles. The third-order valence-electron chi connectivity index (χ3n) is 4.47. The standard InChI is InChI=1S/C21H33N3O5/c1-21(2,3)29-20(27)24-17(19(25)26)8-4-5-13-28-14-11-16-10-9-15-7-6-12-22-18(15)23-16/h9-10,17H,4-8,11-14H2,1-3H3,(H,22,23)(H,24,27)(H,25,26)/t17-/m0/s1. The molecule has 2 heterocycles. The van der Waals surface area contributed by atoms with Gasteiger partial charge in [-0.3, -0.25) is 0 Å². The Kier molecular flexibility index (Phi) is 8.70. The Morgan fingerprint density at radius 2 is 2.07 bits per heavy atom. The summed E-state index contributed by atoms with van der Waals surface area (Å²) in [6.07, 6.45) is 3.93. The number of alkyl carbamates (subject to hydrolysis) is 1. The lowest BCUT2D eigenvalue weighted by Gasteiger charge is -2.22. The summed E-state index contributed by atoms with van der Waals surface area (Å²) < 4.78 is 10.8. The van der Waals surface area contributed by atoms with E-state index in [-0.39, 0.29) is 0 Å². The molecule has 3 N–H and O–H groups in total. The minimum Gasteiger partial charge on any atom is -0.480 e. The van der Waals surface area contributed by atoms with Gasteiger partial charge in [-0.1, -0.05) is 6.07 Å². The average Bonchev–Trinajstić information content (AvgIpc) is 2.64. The Labute approximate surface area is 172 Å². The molecule has 8 heteroatoms. The maximum Gasteiger partial charge on any atom is 0.408 e. The number of rotatable bonds is 10. The molecule has 162 valence electrons. The smallest absolute Gasteiger partial charge is 0.408 e. The molecule has 0 fully saturated rings. The molecular weight excluding hydrogens is 374 g/mol. The number of ether oxygens (including phenoxy) is 2. The zero-order valence-corrected chi connectivity index (χ0v) is 17.6. The molecule has 2 rings (SSSR count). The molecule has 0 bridgehead atoms. The molecule has 1 atom stereocenters. The van der Waals surface area contributed by atoms with Crippen molar-refractivity contribution in [1.82, 2.24) is 10.3 Å². The van der Waals surface area contributed by atoms with Crippen LogP contribution >= 0.6 is 0 Å². The fourth-order valence-electron chi connectivity index (χ4n) is 3.05. The highest BCUT2D eigenvalue weighted by Gasteiger charge is 2.23. The van der Waals surface area contributed by atoms with Crippen molar-refractivity contribution >= 4 is 17.9 Å². The molecule has 0 saturated carbocycles. The van der Waals surface area contributed by atoms with Crippen LogP contribution in [0.5, 0.6) is 0 Å². The zero-order valence-electron chi connectivity index (χ0n) is 17.6. The number of aliphatic carboxylic acids is 1. The minimum absolute atomic E-state index is 0.329. The molecule has 0 aliphatic carbocycles. The Morgan fingerprint density at radius 1 is 1.28 bits per heavy atom. The number of aryl methyl sites for hydroxylation is 1. The van der Waals surface area contributed by atoms with E-state index >= 15 is 0 Å². The van der Waals surface area contributed by atoms with Crippen molar-refractivity contribution < 1.29 is 24.2 Å². The Morgan fingerprint density at radius 3 is 2.79 bits per heavy atom. The van der Waals surface area contributed by atoms with Gasteiger partial charge in [0.1, 0.15) is 17.5 Å². The molecule has 1 aliphatic rings. The Hall–Kier alpha value is -2.35. The van der Waals surface area contributed by atoms with Gasteiger partial charge in [-0.2, -0.15) is 0 Å². The van der Waals surface area contributed by atoms with E-state index in [9.17, 15) is 14.7 Å². The third kappa shape index (κ3) is 8.68. The molecule has 1 aliphatic heterocycles. The summed E-state index contributed by atoms with van der Waals surface area (Å²) in [6, 6.07) is 3.22. The normalized spacial score (nSPS) is 14.4. The lowest BCUT2D eigenvalue weighted by Crippen LogP contribution is -2.43. The van der Waals surface area contributed by atoms with E-state index in [2.05, 4.69) is 27.8 Å². The van der Waals surface area contributed by atoms with Gasteiger partial charge in [0.15, 0.2) is 0 Å². The summed E-state index contributed by atoms with van der Waals surface area (Å²) in [4.78, 5) is 27.7. The van der Waals surface area contributed by atoms with Crippen LogP contribution in [0.3, 0.4) is 0 Å². The number of hydrogen-bond acceptors (Lipinski definition) is 6. The number of carbonyl (C=O) groups excluding carboxylic acids is 1. The van der Waals surface area contributed by atoms with Crippen molar-refractivity contribution in [3.05, 3.63) is 23.4 Å². The summed E-state index contributed by atoms with van der Waals surface area (Å²) in [6.45, 7) is 7.29. The van der Waals surface area contributed by atoms with E-state index in [1.54, 1.807) is 20.8 Å². The summed E-state index contributed by atoms with van der Waals surface area (Å²) >= 11 is 0. The first-order valence-electron chi connectivity index (χ1n) is 10.3. The summed E-state index contributed by atoms with van der Waals surface area (Å²) in [5, 5.41) is 15.0. The fourth-order valence-corrected chi connectivity index (χ4v) is 3.05. The van der Waals surface area contributed by atoms with Gasteiger partial charge in [-0.25, -0.2) is 14.6 Å². The lowest BCUT2D eigenvalue weighted by molar-refractivity contribution is -0.139. The predicted molar refractivity (Wildman–Crippen MR) is 110 cm³/mol. The van der Waals surface area contributed by atoms with Crippen LogP contribution in [0.25, 0.3) is 0 Å². The molecule has 1 aromatic rings. The van der Waals surface area contributed by atoms with Crippen molar-refractivity contribution in [2.75, 3.05) is 25.1 Å². The summed E-state index contributed by atoms with van der Waals surface area (Å²) in [5.74, 6) is -0.0742. The van der Waals surface area contributed by atoms with Gasteiger partial charge < -0.3 is 25.2 Å². The highest BCUT2D eigenvalue weighted by Crippen LogP contribution is 2.19. The van der Waals surface area contributed by atoms with Crippen LogP contribution in [-0.4, -0.2) is 53.6 Å². The molecule has 0 unspecified atom stereocenters. The first-order chi connectivity index (χ1) is 13.7. The zero-order chi connectivity index (χ0) is 21.3. The molecule has 0 aromatic carbocycles. The van der Waals surface area contributed by atoms with Crippen molar-refractivity contribution in [3.63, 3.8) is 0 Å². The van der Waals surface area contributed by atoms with Gasteiger partial charge in [0.2, 0.25) is 0 Å². The number of fused-ring (bicyclic) bond motifs is 1. The van der Waals surface area contributed by atoms with Gasteiger partial charge in [0.05, 0.1) is 6.61 Å². The van der Waals surface area contributed by atoms with Gasteiger partial charge in [-0.05, 0) is 64.5 Å². The molecular formula is C21H33N3O5. The predicted octanol–water partition coefficient (Wildman–Crippen LogP) is 3.15. The van der Waals surface area contributed by atoms with Gasteiger partial charge >= 0.3 is 12.1 Å². The number of hydrogen-bond donors (Lipinski definition) is 3. The summed E-state index contributed by atoms with van der Waals surface area (Å²) in [5.41, 5.74) is 1.61. The second-order valence-corrected chi connectivity index (χ2v) is 8.24. The highest BCUT2D eigenvalue weighted by molar-refractivity contribution is 5.79. The van der Waals surface area contributed by atoms with Crippen molar-refractivity contribution in [1.29, 1.82) is 0 Å². The topological polar surface area (TPSA) is 110 Å². The monoisotopic (exact) mass is 407 g/mol. The number of amides is 1. The first-order valence-corrected chi connectivity index (χ1v) is 10.3. The van der Waals surface area contributed by atoms with Crippen molar-refractivity contribution in [2.45, 2.75) is 70.9 Å². The van der Waals surface area contributed by atoms with Crippen LogP contribution in [0.4, 0.5) is 10.6 Å². The van der Waals surface area contributed by atoms with Crippen LogP contribution in [0.1, 0.15) is 57.7 Å². The fraction of sp³-hybridized carbons (Fsp3) is 0.667. The average molecular weight is 408 g/mol. The van der Waals surface area contributed by atoms with E-state index in [0.29, 0.717) is 26.1 Å². The highest BCUT2D eigenvalue weighted by atomic mass is 16.6. The number of nitrogens with one attached hydrogen (secondary N) is 2. The summed E-state index contributed by atoms with van der Waals surface area (Å²) in [7, 11) is 0. The lowest BCUT2D eigenvalue weighted by atomic mass is 10.1. The van der Waals surface area contributed by atoms with Crippen LogP contribution in [0.2, 0.25) is 0 Å². The molecule has 29 heavy (non-hydrogen) atoms. The van der Waals surface area contributed by atoms with E-state index in [1.807, 2.05) is 0 Å². The second-order valence-electron chi connectivity index (χ2n) is 8.24. The number of carboxylic acids is 1. The number of anilines is 1. The van der Waals surface area contributed by atoms with Gasteiger partial charge in [0, 0.05) is 25.3 Å². The maximum atomic E-state index is 11.7. The SMILES string of the molecule is CC(C)(C)OC(=O)N[C@@H](CCCCOCCc1ccc2c(n1)NCCC2)C(=O)O. The Bertz CT molecular complexity index is 687. The molecule has 0 radical (unpaired) electrons. The molecule has 1 aromatic heterocycles. The second kappa shape index (κ2) is 11.0. The number of carbonyl (C=O) groups is 2. The number of nitrogens with zero attached hydrogens (tertiary/aromatic N) is 1. The van der Waals surface area contributed by atoms with Crippen molar-refractivity contribution in [3.8, 4) is 0 Å². The molecule has 0 spiro atoms. The van der Waals surface area contributed by atoms with Crippen molar-refractivity contribution in [2.24, 2.45) is 0 Å². The molecule has 8 nitrogen and oxygen atoms in total. The number of aromatic nitrogens is 1. The number of unbranched alkanes of at least 4 members (excludes halogenated alkanes) is 1. The largest absolute Gasteiger partial charge is 0.480 e. The minimum atomic E-state index is -1.07. The van der Waals surface area contributed by atoms with Crippen LogP contribution in [0.15, 0.2) is 12.1 Å². The molecule has 1 amide bonds. The Balaban J connectivity index is 1.60. The van der Waals surface area contributed by atoms with Gasteiger partial charge in [-0.15, -0.1) is 0 Å². The maximum absolute atomic E-state index is 11.7. The van der Waals surface area contributed by atoms with E-state index in [4.69, 9.17) is 9.47 Å². The van der Waals surface area contributed by atoms with Gasteiger partial charge in [0.25, 0.3) is 0 Å². The quantitative estimate of drug-likeness (QED) is 0.511. The third-order valence-corrected chi connectivity index (χ3v) is 4.47. The van der Waals surface area contributed by atoms with Crippen LogP contribution in [-0.2, 0) is 27.1 Å².